The quantitative estimate of drug-likeness (QED) is 0.147. The summed E-state index contributed by atoms with van der Waals surface area (Å²) in [6.45, 7) is 9.19. The average molecular weight is 671 g/mol. The third kappa shape index (κ3) is 10.6. The van der Waals surface area contributed by atoms with Gasteiger partial charge in [-0.15, -0.1) is 6.58 Å². The second-order valence-corrected chi connectivity index (χ2v) is 12.9. The van der Waals surface area contributed by atoms with Crippen molar-refractivity contribution in [1.82, 2.24) is 16.0 Å². The fraction of sp³-hybridized carbons (Fsp3) is 0.270. The smallest absolute Gasteiger partial charge is 0.408 e. The first-order valence-corrected chi connectivity index (χ1v) is 15.8. The molecule has 0 saturated carbocycles. The van der Waals surface area contributed by atoms with Crippen molar-refractivity contribution in [3.8, 4) is 0 Å². The van der Waals surface area contributed by atoms with E-state index >= 15 is 0 Å². The number of nitrogens with one attached hydrogen (secondary N) is 3. The van der Waals surface area contributed by atoms with E-state index in [1.165, 1.54) is 0 Å². The van der Waals surface area contributed by atoms with E-state index < -0.39 is 29.7 Å². The van der Waals surface area contributed by atoms with Gasteiger partial charge < -0.3 is 20.7 Å². The van der Waals surface area contributed by atoms with Gasteiger partial charge in [-0.3, -0.25) is 9.59 Å². The summed E-state index contributed by atoms with van der Waals surface area (Å²) in [4.78, 5) is 40.5. The SMILES string of the molecule is C=CC(Cc1ccccc1)NC(=O)C(Cc1ccc2ccccc2c1)NC(=O)C(Cc1ccc(Br)cc1)NC(=O)OC(C)(C)C. The molecular weight excluding hydrogens is 630 g/mol. The van der Waals surface area contributed by atoms with Crippen molar-refractivity contribution >= 4 is 44.6 Å². The first-order chi connectivity index (χ1) is 21.5. The molecule has 7 nitrogen and oxygen atoms in total. The van der Waals surface area contributed by atoms with Gasteiger partial charge in [-0.1, -0.05) is 107 Å². The lowest BCUT2D eigenvalue weighted by Gasteiger charge is -2.26. The van der Waals surface area contributed by atoms with Crippen LogP contribution in [0.2, 0.25) is 0 Å². The van der Waals surface area contributed by atoms with Crippen molar-refractivity contribution in [3.05, 3.63) is 131 Å². The molecular formula is C37H40BrN3O4. The normalized spacial score (nSPS) is 13.2. The van der Waals surface area contributed by atoms with Crippen LogP contribution >= 0.6 is 15.9 Å². The molecule has 3 unspecified atom stereocenters. The number of ether oxygens (including phenoxy) is 1. The summed E-state index contributed by atoms with van der Waals surface area (Å²) in [5.74, 6) is -0.847. The van der Waals surface area contributed by atoms with Crippen LogP contribution in [0.25, 0.3) is 10.8 Å². The van der Waals surface area contributed by atoms with Gasteiger partial charge in [0.25, 0.3) is 0 Å². The Labute approximate surface area is 273 Å². The maximum absolute atomic E-state index is 13.9. The van der Waals surface area contributed by atoms with Crippen LogP contribution in [0.5, 0.6) is 0 Å². The minimum atomic E-state index is -0.993. The minimum Gasteiger partial charge on any atom is -0.444 e. The fourth-order valence-corrected chi connectivity index (χ4v) is 5.21. The van der Waals surface area contributed by atoms with E-state index in [1.54, 1.807) is 26.8 Å². The van der Waals surface area contributed by atoms with E-state index in [2.05, 4.69) is 38.5 Å². The topological polar surface area (TPSA) is 96.5 Å². The predicted molar refractivity (Wildman–Crippen MR) is 183 cm³/mol. The van der Waals surface area contributed by atoms with Gasteiger partial charge >= 0.3 is 6.09 Å². The molecule has 8 heteroatoms. The maximum atomic E-state index is 13.9. The molecule has 0 spiro atoms. The Morgan fingerprint density at radius 2 is 1.27 bits per heavy atom. The second-order valence-electron chi connectivity index (χ2n) is 12.0. The monoisotopic (exact) mass is 669 g/mol. The molecule has 234 valence electrons. The molecule has 4 aromatic rings. The standard InChI is InChI=1S/C37H40BrN3O4/c1-5-31(22-25-11-7-6-8-12-25)39-34(42)32(24-27-15-18-28-13-9-10-14-29(28)21-27)40-35(43)33(41-36(44)45-37(2,3)4)23-26-16-19-30(38)20-17-26/h5-21,31-33H,1,22-24H2,2-4H3,(H,39,42)(H,40,43)(H,41,44). The zero-order valence-electron chi connectivity index (χ0n) is 25.9. The Kier molecular flexibility index (Phi) is 11.5. The number of hydrogen-bond acceptors (Lipinski definition) is 4. The molecule has 0 saturated heterocycles. The van der Waals surface area contributed by atoms with Gasteiger partial charge in [0.05, 0.1) is 6.04 Å². The van der Waals surface area contributed by atoms with Gasteiger partial charge in [0.15, 0.2) is 0 Å². The van der Waals surface area contributed by atoms with Crippen LogP contribution in [-0.2, 0) is 33.6 Å². The molecule has 0 aliphatic heterocycles. The first-order valence-electron chi connectivity index (χ1n) is 15.0. The number of benzene rings is 4. The number of hydrogen-bond donors (Lipinski definition) is 3. The molecule has 3 atom stereocenters. The van der Waals surface area contributed by atoms with E-state index in [9.17, 15) is 14.4 Å². The van der Waals surface area contributed by atoms with Gasteiger partial charge in [0.2, 0.25) is 11.8 Å². The lowest BCUT2D eigenvalue weighted by Crippen LogP contribution is -2.56. The summed E-state index contributed by atoms with van der Waals surface area (Å²) in [6.07, 6.45) is 1.98. The molecule has 0 bridgehead atoms. The van der Waals surface area contributed by atoms with Gasteiger partial charge in [-0.05, 0) is 66.8 Å². The molecule has 3 N–H and O–H groups in total. The van der Waals surface area contributed by atoms with Gasteiger partial charge in [0.1, 0.15) is 17.7 Å². The first kappa shape index (κ1) is 33.5. The third-order valence-corrected chi connectivity index (χ3v) is 7.69. The highest BCUT2D eigenvalue weighted by Crippen LogP contribution is 2.18. The zero-order valence-corrected chi connectivity index (χ0v) is 27.5. The summed E-state index contributed by atoms with van der Waals surface area (Å²) >= 11 is 3.43. The van der Waals surface area contributed by atoms with Gasteiger partial charge in [-0.25, -0.2) is 4.79 Å². The predicted octanol–water partition coefficient (Wildman–Crippen LogP) is 6.68. The van der Waals surface area contributed by atoms with Crippen molar-refractivity contribution in [2.75, 3.05) is 0 Å². The maximum Gasteiger partial charge on any atom is 0.408 e. The lowest BCUT2D eigenvalue weighted by molar-refractivity contribution is -0.130. The molecule has 0 aromatic heterocycles. The number of alkyl carbamates (subject to hydrolysis) is 1. The molecule has 0 aliphatic rings. The second kappa shape index (κ2) is 15.5. The van der Waals surface area contributed by atoms with E-state index in [1.807, 2.05) is 97.1 Å². The summed E-state index contributed by atoms with van der Waals surface area (Å²) in [5, 5.41) is 10.8. The Bertz CT molecular complexity index is 1620. The molecule has 4 rings (SSSR count). The number of fused-ring (bicyclic) bond motifs is 1. The summed E-state index contributed by atoms with van der Waals surface area (Å²) < 4.78 is 6.36. The van der Waals surface area contributed by atoms with Crippen molar-refractivity contribution in [2.24, 2.45) is 0 Å². The minimum absolute atomic E-state index is 0.200. The van der Waals surface area contributed by atoms with Crippen LogP contribution < -0.4 is 16.0 Å². The highest BCUT2D eigenvalue weighted by Gasteiger charge is 2.29. The lowest BCUT2D eigenvalue weighted by atomic mass is 9.99. The number of halogens is 1. The Morgan fingerprint density at radius 3 is 1.93 bits per heavy atom. The van der Waals surface area contributed by atoms with Crippen molar-refractivity contribution in [3.63, 3.8) is 0 Å². The van der Waals surface area contributed by atoms with E-state index in [4.69, 9.17) is 4.74 Å². The van der Waals surface area contributed by atoms with E-state index in [-0.39, 0.29) is 24.8 Å². The molecule has 4 aromatic carbocycles. The van der Waals surface area contributed by atoms with Crippen molar-refractivity contribution in [2.45, 2.75) is 63.8 Å². The number of carbonyl (C=O) groups excluding carboxylic acids is 3. The van der Waals surface area contributed by atoms with Crippen LogP contribution in [0.4, 0.5) is 4.79 Å². The largest absolute Gasteiger partial charge is 0.444 e. The Balaban J connectivity index is 1.59. The highest BCUT2D eigenvalue weighted by atomic mass is 79.9. The Hall–Kier alpha value is -4.43. The zero-order chi connectivity index (χ0) is 32.4. The number of rotatable bonds is 12. The molecule has 3 amide bonds. The van der Waals surface area contributed by atoms with Crippen LogP contribution in [0.1, 0.15) is 37.5 Å². The van der Waals surface area contributed by atoms with Gasteiger partial charge in [-0.2, -0.15) is 0 Å². The average Bonchev–Trinajstić information content (AvgIpc) is 3.00. The van der Waals surface area contributed by atoms with Crippen LogP contribution in [-0.4, -0.2) is 41.6 Å². The Morgan fingerprint density at radius 1 is 0.711 bits per heavy atom. The van der Waals surface area contributed by atoms with Gasteiger partial charge in [0, 0.05) is 17.3 Å². The molecule has 0 fully saturated rings. The molecule has 0 aliphatic carbocycles. The molecule has 0 radical (unpaired) electrons. The fourth-order valence-electron chi connectivity index (χ4n) is 4.94. The molecule has 45 heavy (non-hydrogen) atoms. The summed E-state index contributed by atoms with van der Waals surface area (Å²) in [7, 11) is 0. The van der Waals surface area contributed by atoms with E-state index in [0.29, 0.717) is 6.42 Å². The van der Waals surface area contributed by atoms with Crippen molar-refractivity contribution < 1.29 is 19.1 Å². The number of carbonyl (C=O) groups is 3. The highest BCUT2D eigenvalue weighted by molar-refractivity contribution is 9.10. The summed E-state index contributed by atoms with van der Waals surface area (Å²) in [5.41, 5.74) is 2.02. The van der Waals surface area contributed by atoms with E-state index in [0.717, 1.165) is 31.9 Å². The molecule has 0 heterocycles. The summed E-state index contributed by atoms with van der Waals surface area (Å²) in [6, 6.07) is 29.0. The third-order valence-electron chi connectivity index (χ3n) is 7.16. The van der Waals surface area contributed by atoms with Crippen LogP contribution in [0.3, 0.4) is 0 Å². The van der Waals surface area contributed by atoms with Crippen molar-refractivity contribution in [1.29, 1.82) is 0 Å². The van der Waals surface area contributed by atoms with Crippen LogP contribution in [0, 0.1) is 0 Å². The number of amides is 3. The van der Waals surface area contributed by atoms with Crippen LogP contribution in [0.15, 0.2) is 114 Å².